The molecule has 0 aromatic rings. The van der Waals surface area contributed by atoms with E-state index in [0.29, 0.717) is 43.4 Å². The maximum absolute atomic E-state index is 12.2. The number of rotatable bonds is 1. The summed E-state index contributed by atoms with van der Waals surface area (Å²) in [6, 6.07) is 0. The van der Waals surface area contributed by atoms with Crippen molar-refractivity contribution < 1.29 is 34.3 Å². The quantitative estimate of drug-likeness (QED) is 0.452. The first-order valence-electron chi connectivity index (χ1n) is 14.7. The third kappa shape index (κ3) is 3.39. The maximum atomic E-state index is 12.2. The van der Waals surface area contributed by atoms with Gasteiger partial charge in [0, 0.05) is 19.3 Å². The summed E-state index contributed by atoms with van der Waals surface area (Å²) in [4.78, 5) is 11.8. The molecule has 2 heterocycles. The van der Waals surface area contributed by atoms with Gasteiger partial charge in [0.25, 0.3) is 0 Å². The van der Waals surface area contributed by atoms with Gasteiger partial charge >= 0.3 is 5.97 Å². The largest absolute Gasteiger partial charge is 0.460 e. The molecule has 4 saturated carbocycles. The first kappa shape index (κ1) is 26.5. The Morgan fingerprint density at radius 2 is 1.65 bits per heavy atom. The fraction of sp³-hybridized carbons (Fsp3) is 0.967. The van der Waals surface area contributed by atoms with E-state index >= 15 is 0 Å². The summed E-state index contributed by atoms with van der Waals surface area (Å²) in [7, 11) is 0. The van der Waals surface area contributed by atoms with Crippen LogP contribution < -0.4 is 0 Å². The molecule has 0 aromatic carbocycles. The molecule has 6 rings (SSSR count). The van der Waals surface area contributed by atoms with Gasteiger partial charge in [-0.05, 0) is 99.7 Å². The molecule has 1 spiro atoms. The molecule has 7 nitrogen and oxygen atoms in total. The minimum Gasteiger partial charge on any atom is -0.460 e. The van der Waals surface area contributed by atoms with Crippen molar-refractivity contribution in [2.75, 3.05) is 0 Å². The third-order valence-electron chi connectivity index (χ3n) is 12.8. The molecule has 0 bridgehead atoms. The van der Waals surface area contributed by atoms with Crippen LogP contribution in [-0.2, 0) is 19.0 Å². The number of carbonyl (C=O) groups is 1. The molecule has 6 fully saturated rings. The number of ether oxygens (including phenoxy) is 3. The van der Waals surface area contributed by atoms with E-state index < -0.39 is 29.7 Å². The van der Waals surface area contributed by atoms with E-state index in [1.165, 1.54) is 6.92 Å². The lowest BCUT2D eigenvalue weighted by Gasteiger charge is -2.63. The van der Waals surface area contributed by atoms with Crippen LogP contribution in [0.3, 0.4) is 0 Å². The molecule has 2 saturated heterocycles. The second-order valence-corrected chi connectivity index (χ2v) is 15.1. The van der Waals surface area contributed by atoms with E-state index in [1.807, 2.05) is 6.92 Å². The molecule has 7 heteroatoms. The van der Waals surface area contributed by atoms with Crippen LogP contribution in [0.5, 0.6) is 0 Å². The zero-order chi connectivity index (χ0) is 26.9. The normalized spacial score (nSPS) is 59.9. The lowest BCUT2D eigenvalue weighted by atomic mass is 9.43. The molecule has 14 atom stereocenters. The van der Waals surface area contributed by atoms with Crippen molar-refractivity contribution in [3.63, 3.8) is 0 Å². The van der Waals surface area contributed by atoms with E-state index in [-0.39, 0.29) is 46.3 Å². The Morgan fingerprint density at radius 1 is 0.946 bits per heavy atom. The van der Waals surface area contributed by atoms with Crippen molar-refractivity contribution in [3.05, 3.63) is 0 Å². The molecule has 2 aliphatic heterocycles. The summed E-state index contributed by atoms with van der Waals surface area (Å²) in [5, 5.41) is 34.9. The van der Waals surface area contributed by atoms with Crippen molar-refractivity contribution in [1.82, 2.24) is 0 Å². The number of carbonyl (C=O) groups excluding carboxylic acids is 1. The van der Waals surface area contributed by atoms with Crippen LogP contribution >= 0.6 is 0 Å². The highest BCUT2D eigenvalue weighted by atomic mass is 16.7. The van der Waals surface area contributed by atoms with Gasteiger partial charge in [-0.3, -0.25) is 4.79 Å². The fourth-order valence-electron chi connectivity index (χ4n) is 11.0. The van der Waals surface area contributed by atoms with Gasteiger partial charge in [0.1, 0.15) is 11.7 Å². The van der Waals surface area contributed by atoms with E-state index in [2.05, 4.69) is 34.6 Å². The Bertz CT molecular complexity index is 964. The third-order valence-corrected chi connectivity index (χ3v) is 12.8. The van der Waals surface area contributed by atoms with Gasteiger partial charge < -0.3 is 29.5 Å². The van der Waals surface area contributed by atoms with Crippen molar-refractivity contribution in [1.29, 1.82) is 0 Å². The minimum absolute atomic E-state index is 0.0781. The zero-order valence-corrected chi connectivity index (χ0v) is 23.7. The van der Waals surface area contributed by atoms with E-state index in [9.17, 15) is 20.1 Å². The van der Waals surface area contributed by atoms with Gasteiger partial charge in [0.2, 0.25) is 0 Å². The number of hydrogen-bond acceptors (Lipinski definition) is 7. The van der Waals surface area contributed by atoms with E-state index in [1.54, 1.807) is 0 Å². The highest BCUT2D eigenvalue weighted by Gasteiger charge is 2.77. The lowest BCUT2D eigenvalue weighted by molar-refractivity contribution is -0.300. The molecule has 0 aromatic heterocycles. The van der Waals surface area contributed by atoms with Crippen LogP contribution in [0.15, 0.2) is 0 Å². The zero-order valence-electron chi connectivity index (χ0n) is 23.7. The number of hydrogen-bond donors (Lipinski definition) is 3. The Morgan fingerprint density at radius 3 is 2.27 bits per heavy atom. The van der Waals surface area contributed by atoms with E-state index in [4.69, 9.17) is 14.2 Å². The van der Waals surface area contributed by atoms with E-state index in [0.717, 1.165) is 19.3 Å². The fourth-order valence-corrected chi connectivity index (χ4v) is 11.0. The standard InChI is InChI=1S/C30H48O7/c1-15-12-30(37-26(15,3)4)29(7,34)25-22(36-30)11-19-18-9-8-17-10-20(32)23(35-16(2)31)14-27(17,5)24(18)21(33)13-28(19,25)6/h15,17-25,32-34H,8-14H2,1-7H3/t15-,17-,18-,19-,20-,21-,22-,23+,24+,25?,27-,28-,29?,30-/m0/s1. The van der Waals surface area contributed by atoms with Crippen LogP contribution in [0.25, 0.3) is 0 Å². The van der Waals surface area contributed by atoms with Gasteiger partial charge in [-0.1, -0.05) is 20.8 Å². The monoisotopic (exact) mass is 520 g/mol. The summed E-state index contributed by atoms with van der Waals surface area (Å²) in [5.74, 6) is -0.172. The number of aliphatic hydroxyl groups excluding tert-OH is 2. The minimum atomic E-state index is -1.15. The highest BCUT2D eigenvalue weighted by Crippen LogP contribution is 2.72. The van der Waals surface area contributed by atoms with Crippen molar-refractivity contribution >= 4 is 5.97 Å². The second-order valence-electron chi connectivity index (χ2n) is 15.1. The first-order valence-corrected chi connectivity index (χ1v) is 14.7. The number of aliphatic hydroxyl groups is 3. The molecule has 210 valence electrons. The van der Waals surface area contributed by atoms with Crippen molar-refractivity contribution in [2.24, 2.45) is 46.3 Å². The topological polar surface area (TPSA) is 105 Å². The van der Waals surface area contributed by atoms with Crippen LogP contribution in [0.1, 0.15) is 93.4 Å². The maximum Gasteiger partial charge on any atom is 0.302 e. The summed E-state index contributed by atoms with van der Waals surface area (Å²) < 4.78 is 18.9. The predicted molar refractivity (Wildman–Crippen MR) is 136 cm³/mol. The number of fused-ring (bicyclic) bond motifs is 7. The summed E-state index contributed by atoms with van der Waals surface area (Å²) >= 11 is 0. The summed E-state index contributed by atoms with van der Waals surface area (Å²) in [5.41, 5.74) is -1.98. The predicted octanol–water partition coefficient (Wildman–Crippen LogP) is 3.81. The smallest absolute Gasteiger partial charge is 0.302 e. The second kappa shape index (κ2) is 7.93. The average molecular weight is 521 g/mol. The van der Waals surface area contributed by atoms with Crippen LogP contribution in [0.2, 0.25) is 0 Å². The van der Waals surface area contributed by atoms with Gasteiger partial charge in [-0.2, -0.15) is 0 Å². The molecule has 37 heavy (non-hydrogen) atoms. The molecule has 2 unspecified atom stereocenters. The molecule has 0 amide bonds. The SMILES string of the molecule is CC(=O)O[C@@H]1C[C@@]2(C)[C@@H](CC[C@@H]3[C@@H]2[C@@H](O)C[C@]2(C)C4[C@H](C[C@@H]32)O[C@]2(C[C@H](C)C(C)(C)O2)C4(C)O)C[C@@H]1O. The Kier molecular flexibility index (Phi) is 5.68. The molecular weight excluding hydrogens is 472 g/mol. The van der Waals surface area contributed by atoms with Crippen molar-refractivity contribution in [2.45, 2.75) is 135 Å². The Labute approximate surface area is 221 Å². The molecule has 3 N–H and O–H groups in total. The van der Waals surface area contributed by atoms with Crippen molar-refractivity contribution in [3.8, 4) is 0 Å². The van der Waals surface area contributed by atoms with Gasteiger partial charge in [-0.25, -0.2) is 0 Å². The molecule has 0 radical (unpaired) electrons. The van der Waals surface area contributed by atoms with Crippen LogP contribution in [0.4, 0.5) is 0 Å². The van der Waals surface area contributed by atoms with Crippen LogP contribution in [-0.4, -0.2) is 62.7 Å². The Balaban J connectivity index is 1.31. The first-order chi connectivity index (χ1) is 17.1. The molecule has 6 aliphatic rings. The Hall–Kier alpha value is -0.730. The highest BCUT2D eigenvalue weighted by molar-refractivity contribution is 5.66. The summed E-state index contributed by atoms with van der Waals surface area (Å²) in [6.45, 7) is 14.2. The summed E-state index contributed by atoms with van der Waals surface area (Å²) in [6.07, 6.45) is 3.63. The van der Waals surface area contributed by atoms with Crippen LogP contribution in [0, 0.1) is 46.3 Å². The van der Waals surface area contributed by atoms with Gasteiger partial charge in [-0.15, -0.1) is 0 Å². The molecule has 4 aliphatic carbocycles. The van der Waals surface area contributed by atoms with Gasteiger partial charge in [0.15, 0.2) is 5.79 Å². The lowest BCUT2D eigenvalue weighted by Crippen LogP contribution is -2.63. The van der Waals surface area contributed by atoms with Gasteiger partial charge in [0.05, 0.1) is 23.9 Å². The average Bonchev–Trinajstić information content (AvgIpc) is 3.26. The number of esters is 1. The molecular formula is C30H48O7.